The van der Waals surface area contributed by atoms with Crippen molar-refractivity contribution in [2.75, 3.05) is 14.2 Å². The summed E-state index contributed by atoms with van der Waals surface area (Å²) in [6, 6.07) is 14.7. The number of fused-ring (bicyclic) bond motifs is 1. The number of hydrogen-bond acceptors (Lipinski definition) is 4. The van der Waals surface area contributed by atoms with Crippen LogP contribution in [0.4, 0.5) is 0 Å². The highest BCUT2D eigenvalue weighted by Gasteiger charge is 2.17. The summed E-state index contributed by atoms with van der Waals surface area (Å²) >= 11 is 6.27. The van der Waals surface area contributed by atoms with Crippen molar-refractivity contribution >= 4 is 22.5 Å². The molecule has 3 aromatic rings. The fraction of sp³-hybridized carbons (Fsp3) is 0.167. The second-order valence-electron chi connectivity index (χ2n) is 5.08. The van der Waals surface area contributed by atoms with E-state index in [0.717, 1.165) is 10.9 Å². The Bertz CT molecular complexity index is 837. The molecule has 3 rings (SSSR count). The van der Waals surface area contributed by atoms with Crippen LogP contribution in [0.3, 0.4) is 0 Å². The standard InChI is InChI=1S/C18H16ClNO3/c1-22-15-9-12-8-13(17(21)11-6-4-3-5-7-11)18(19)20-14(12)10-16(15)23-2/h3-10,17,21H,1-2H3. The minimum Gasteiger partial charge on any atom is -0.493 e. The summed E-state index contributed by atoms with van der Waals surface area (Å²) in [5.74, 6) is 1.18. The lowest BCUT2D eigenvalue weighted by molar-refractivity contribution is 0.220. The minimum absolute atomic E-state index is 0.265. The van der Waals surface area contributed by atoms with Crippen molar-refractivity contribution in [1.82, 2.24) is 4.98 Å². The van der Waals surface area contributed by atoms with Crippen molar-refractivity contribution in [1.29, 1.82) is 0 Å². The average molecular weight is 330 g/mol. The van der Waals surface area contributed by atoms with Gasteiger partial charge in [-0.05, 0) is 17.7 Å². The zero-order valence-electron chi connectivity index (χ0n) is 12.8. The van der Waals surface area contributed by atoms with Gasteiger partial charge in [-0.3, -0.25) is 0 Å². The smallest absolute Gasteiger partial charge is 0.162 e. The number of ether oxygens (including phenoxy) is 2. The Morgan fingerprint density at radius 2 is 1.65 bits per heavy atom. The lowest BCUT2D eigenvalue weighted by Gasteiger charge is -2.15. The number of hydrogen-bond donors (Lipinski definition) is 1. The molecule has 0 amide bonds. The zero-order chi connectivity index (χ0) is 16.4. The number of pyridine rings is 1. The quantitative estimate of drug-likeness (QED) is 0.735. The first-order valence-corrected chi connectivity index (χ1v) is 7.47. The molecule has 1 atom stereocenters. The van der Waals surface area contributed by atoms with E-state index in [4.69, 9.17) is 21.1 Å². The molecule has 5 heteroatoms. The summed E-state index contributed by atoms with van der Waals surface area (Å²) in [7, 11) is 3.14. The maximum Gasteiger partial charge on any atom is 0.162 e. The first kappa shape index (κ1) is 15.6. The normalized spacial score (nSPS) is 12.2. The van der Waals surface area contributed by atoms with E-state index in [9.17, 15) is 5.11 Å². The molecule has 4 nitrogen and oxygen atoms in total. The molecule has 0 saturated heterocycles. The number of benzene rings is 2. The molecule has 0 fully saturated rings. The van der Waals surface area contributed by atoms with E-state index in [1.165, 1.54) is 0 Å². The van der Waals surface area contributed by atoms with Crippen LogP contribution in [0.2, 0.25) is 5.15 Å². The molecular weight excluding hydrogens is 314 g/mol. The molecule has 0 aliphatic carbocycles. The molecule has 0 aliphatic heterocycles. The summed E-state index contributed by atoms with van der Waals surface area (Å²) in [5.41, 5.74) is 1.99. The third kappa shape index (κ3) is 2.96. The highest BCUT2D eigenvalue weighted by atomic mass is 35.5. The van der Waals surface area contributed by atoms with Crippen LogP contribution < -0.4 is 9.47 Å². The van der Waals surface area contributed by atoms with Crippen LogP contribution in [0.25, 0.3) is 10.9 Å². The number of halogens is 1. The SMILES string of the molecule is COc1cc2cc(C(O)c3ccccc3)c(Cl)nc2cc1OC. The van der Waals surface area contributed by atoms with Crippen LogP contribution in [0.1, 0.15) is 17.2 Å². The number of methoxy groups -OCH3 is 2. The van der Waals surface area contributed by atoms with Crippen LogP contribution in [-0.2, 0) is 0 Å². The van der Waals surface area contributed by atoms with Crippen LogP contribution >= 0.6 is 11.6 Å². The second-order valence-corrected chi connectivity index (χ2v) is 5.44. The van der Waals surface area contributed by atoms with E-state index in [1.807, 2.05) is 42.5 Å². The van der Waals surface area contributed by atoms with E-state index < -0.39 is 6.10 Å². The van der Waals surface area contributed by atoms with Gasteiger partial charge in [0.2, 0.25) is 0 Å². The average Bonchev–Trinajstić information content (AvgIpc) is 2.60. The number of nitrogens with zero attached hydrogens (tertiary/aromatic N) is 1. The summed E-state index contributed by atoms with van der Waals surface area (Å²) < 4.78 is 10.6. The lowest BCUT2D eigenvalue weighted by Crippen LogP contribution is -2.02. The fourth-order valence-electron chi connectivity index (χ4n) is 2.50. The summed E-state index contributed by atoms with van der Waals surface area (Å²) in [5, 5.41) is 11.7. The minimum atomic E-state index is -0.839. The predicted molar refractivity (Wildman–Crippen MR) is 90.4 cm³/mol. The van der Waals surface area contributed by atoms with Gasteiger partial charge in [0.25, 0.3) is 0 Å². The van der Waals surface area contributed by atoms with Crippen molar-refractivity contribution in [3.63, 3.8) is 0 Å². The molecule has 1 aromatic heterocycles. The number of aliphatic hydroxyl groups excluding tert-OH is 1. The van der Waals surface area contributed by atoms with Crippen LogP contribution in [0.5, 0.6) is 11.5 Å². The topological polar surface area (TPSA) is 51.6 Å². The Hall–Kier alpha value is -2.30. The van der Waals surface area contributed by atoms with E-state index in [-0.39, 0.29) is 5.15 Å². The number of aromatic nitrogens is 1. The Morgan fingerprint density at radius 1 is 1.00 bits per heavy atom. The van der Waals surface area contributed by atoms with E-state index in [0.29, 0.717) is 22.6 Å². The molecule has 23 heavy (non-hydrogen) atoms. The van der Waals surface area contributed by atoms with Gasteiger partial charge in [0.1, 0.15) is 11.3 Å². The third-order valence-corrected chi connectivity index (χ3v) is 4.01. The number of aliphatic hydroxyl groups is 1. The van der Waals surface area contributed by atoms with Gasteiger partial charge in [0.15, 0.2) is 11.5 Å². The van der Waals surface area contributed by atoms with Crippen molar-refractivity contribution in [3.8, 4) is 11.5 Å². The summed E-state index contributed by atoms with van der Waals surface area (Å²) in [6.45, 7) is 0. The summed E-state index contributed by atoms with van der Waals surface area (Å²) in [6.07, 6.45) is -0.839. The molecule has 1 N–H and O–H groups in total. The highest BCUT2D eigenvalue weighted by molar-refractivity contribution is 6.30. The molecule has 2 aromatic carbocycles. The van der Waals surface area contributed by atoms with Crippen molar-refractivity contribution in [2.45, 2.75) is 6.10 Å². The molecule has 1 unspecified atom stereocenters. The molecular formula is C18H16ClNO3. The van der Waals surface area contributed by atoms with E-state index >= 15 is 0 Å². The van der Waals surface area contributed by atoms with E-state index in [2.05, 4.69) is 4.98 Å². The van der Waals surface area contributed by atoms with Crippen molar-refractivity contribution in [2.24, 2.45) is 0 Å². The van der Waals surface area contributed by atoms with E-state index in [1.54, 1.807) is 20.3 Å². The first-order valence-electron chi connectivity index (χ1n) is 7.09. The highest BCUT2D eigenvalue weighted by Crippen LogP contribution is 2.35. The third-order valence-electron chi connectivity index (χ3n) is 3.71. The molecule has 0 radical (unpaired) electrons. The van der Waals surface area contributed by atoms with Gasteiger partial charge in [-0.15, -0.1) is 0 Å². The van der Waals surface area contributed by atoms with Crippen LogP contribution in [0, 0.1) is 0 Å². The Kier molecular flexibility index (Phi) is 4.37. The maximum atomic E-state index is 10.6. The van der Waals surface area contributed by atoms with Gasteiger partial charge < -0.3 is 14.6 Å². The first-order chi connectivity index (χ1) is 11.1. The van der Waals surface area contributed by atoms with Gasteiger partial charge in [0.05, 0.1) is 19.7 Å². The molecule has 0 aliphatic rings. The van der Waals surface area contributed by atoms with Crippen molar-refractivity contribution in [3.05, 3.63) is 64.8 Å². The van der Waals surface area contributed by atoms with Crippen LogP contribution in [-0.4, -0.2) is 24.3 Å². The zero-order valence-corrected chi connectivity index (χ0v) is 13.5. The Balaban J connectivity index is 2.13. The predicted octanol–water partition coefficient (Wildman–Crippen LogP) is 3.99. The number of rotatable bonds is 4. The molecule has 118 valence electrons. The largest absolute Gasteiger partial charge is 0.493 e. The van der Waals surface area contributed by atoms with Gasteiger partial charge in [0, 0.05) is 17.0 Å². The molecule has 1 heterocycles. The molecule has 0 spiro atoms. The summed E-state index contributed by atoms with van der Waals surface area (Å²) in [4.78, 5) is 4.38. The van der Waals surface area contributed by atoms with Crippen LogP contribution in [0.15, 0.2) is 48.5 Å². The maximum absolute atomic E-state index is 10.6. The van der Waals surface area contributed by atoms with Gasteiger partial charge in [-0.2, -0.15) is 0 Å². The second kappa shape index (κ2) is 6.44. The Labute approximate surface area is 139 Å². The Morgan fingerprint density at radius 3 is 2.30 bits per heavy atom. The fourth-order valence-corrected chi connectivity index (χ4v) is 2.75. The van der Waals surface area contributed by atoms with Gasteiger partial charge in [-0.1, -0.05) is 41.9 Å². The molecule has 0 saturated carbocycles. The lowest BCUT2D eigenvalue weighted by atomic mass is 10.0. The van der Waals surface area contributed by atoms with Crippen molar-refractivity contribution < 1.29 is 14.6 Å². The van der Waals surface area contributed by atoms with Gasteiger partial charge in [-0.25, -0.2) is 4.98 Å². The molecule has 0 bridgehead atoms. The monoisotopic (exact) mass is 329 g/mol. The van der Waals surface area contributed by atoms with Gasteiger partial charge >= 0.3 is 0 Å².